The maximum absolute atomic E-state index is 13.0. The highest BCUT2D eigenvalue weighted by Crippen LogP contribution is 2.28. The topological polar surface area (TPSA) is 92.5 Å². The predicted octanol–water partition coefficient (Wildman–Crippen LogP) is 1.95. The fourth-order valence-electron chi connectivity index (χ4n) is 2.68. The second kappa shape index (κ2) is 7.57. The lowest BCUT2D eigenvalue weighted by Gasteiger charge is -2.37. The summed E-state index contributed by atoms with van der Waals surface area (Å²) in [6, 6.07) is 3.88. The van der Waals surface area contributed by atoms with E-state index in [0.717, 1.165) is 0 Å². The molecule has 9 heteroatoms. The normalized spacial score (nSPS) is 22.4. The van der Waals surface area contributed by atoms with E-state index in [-0.39, 0.29) is 35.1 Å². The average molecular weight is 364 g/mol. The van der Waals surface area contributed by atoms with Crippen LogP contribution < -0.4 is 5.32 Å². The summed E-state index contributed by atoms with van der Waals surface area (Å²) in [4.78, 5) is 10.4. The molecule has 2 rings (SSSR count). The molecule has 1 fully saturated rings. The number of sulfonamides is 1. The lowest BCUT2D eigenvalue weighted by Crippen LogP contribution is -2.57. The van der Waals surface area contributed by atoms with E-state index in [1.54, 1.807) is 0 Å². The smallest absolute Gasteiger partial charge is 0.270 e. The first kappa shape index (κ1) is 19.8. The number of piperazine rings is 1. The van der Waals surface area contributed by atoms with Gasteiger partial charge < -0.3 is 5.32 Å². The molecule has 1 heterocycles. The molecular weight excluding hydrogens is 342 g/mol. The van der Waals surface area contributed by atoms with E-state index >= 15 is 0 Å². The third-order valence-corrected chi connectivity index (χ3v) is 6.27. The monoisotopic (exact) mass is 363 g/mol. The minimum absolute atomic E-state index is 0. The second-order valence-corrected chi connectivity index (χ2v) is 7.36. The summed E-state index contributed by atoms with van der Waals surface area (Å²) in [5.74, 6) is 0. The molecule has 0 spiro atoms. The van der Waals surface area contributed by atoms with Crippen LogP contribution in [0.15, 0.2) is 23.1 Å². The Balaban J connectivity index is 0.00000264. The van der Waals surface area contributed by atoms with Gasteiger partial charge in [-0.25, -0.2) is 8.42 Å². The van der Waals surface area contributed by atoms with Crippen LogP contribution in [0.5, 0.6) is 0 Å². The van der Waals surface area contributed by atoms with Gasteiger partial charge in [0.25, 0.3) is 5.69 Å². The Hall–Kier alpha value is -1.22. The first-order chi connectivity index (χ1) is 10.3. The molecule has 0 bridgehead atoms. The predicted molar refractivity (Wildman–Crippen MR) is 90.5 cm³/mol. The van der Waals surface area contributed by atoms with Crippen molar-refractivity contribution in [2.75, 3.05) is 13.1 Å². The van der Waals surface area contributed by atoms with E-state index in [9.17, 15) is 18.5 Å². The van der Waals surface area contributed by atoms with Crippen LogP contribution in [0.4, 0.5) is 5.69 Å². The maximum atomic E-state index is 13.0. The van der Waals surface area contributed by atoms with Gasteiger partial charge >= 0.3 is 0 Å². The molecule has 0 saturated carbocycles. The summed E-state index contributed by atoms with van der Waals surface area (Å²) in [7, 11) is -3.75. The van der Waals surface area contributed by atoms with Gasteiger partial charge in [-0.1, -0.05) is 13.0 Å². The van der Waals surface area contributed by atoms with Gasteiger partial charge in [0.15, 0.2) is 0 Å². The summed E-state index contributed by atoms with van der Waals surface area (Å²) in [6.45, 7) is 6.54. The molecule has 2 unspecified atom stereocenters. The molecule has 1 aromatic rings. The number of benzene rings is 1. The van der Waals surface area contributed by atoms with Gasteiger partial charge in [0, 0.05) is 37.3 Å². The van der Waals surface area contributed by atoms with Crippen molar-refractivity contribution >= 4 is 28.1 Å². The number of hydrogen-bond acceptors (Lipinski definition) is 5. The zero-order valence-corrected chi connectivity index (χ0v) is 15.0. The highest BCUT2D eigenvalue weighted by atomic mass is 35.5. The third-order valence-electron chi connectivity index (χ3n) is 4.21. The largest absolute Gasteiger partial charge is 0.311 e. The molecule has 0 aromatic heterocycles. The number of hydrogen-bond donors (Lipinski definition) is 1. The average Bonchev–Trinajstić information content (AvgIpc) is 2.49. The summed E-state index contributed by atoms with van der Waals surface area (Å²) in [6.07, 6.45) is 0.503. The molecule has 0 radical (unpaired) electrons. The second-order valence-electron chi connectivity index (χ2n) is 5.50. The van der Waals surface area contributed by atoms with Crippen LogP contribution in [-0.4, -0.2) is 42.8 Å². The first-order valence-electron chi connectivity index (χ1n) is 7.31. The molecule has 0 amide bonds. The van der Waals surface area contributed by atoms with Gasteiger partial charge in [0.05, 0.1) is 9.82 Å². The Bertz CT molecular complexity index is 681. The van der Waals surface area contributed by atoms with Gasteiger partial charge in [0.2, 0.25) is 10.0 Å². The molecular formula is C14H22ClN3O4S. The lowest BCUT2D eigenvalue weighted by molar-refractivity contribution is -0.385. The van der Waals surface area contributed by atoms with E-state index in [2.05, 4.69) is 5.32 Å². The van der Waals surface area contributed by atoms with Gasteiger partial charge in [-0.05, 0) is 25.8 Å². The van der Waals surface area contributed by atoms with Crippen LogP contribution in [0.1, 0.15) is 26.3 Å². The molecule has 7 nitrogen and oxygen atoms in total. The van der Waals surface area contributed by atoms with Crippen molar-refractivity contribution in [2.45, 2.75) is 44.2 Å². The minimum atomic E-state index is -3.75. The van der Waals surface area contributed by atoms with Crippen molar-refractivity contribution in [3.05, 3.63) is 33.9 Å². The van der Waals surface area contributed by atoms with Crippen molar-refractivity contribution in [1.82, 2.24) is 9.62 Å². The highest BCUT2D eigenvalue weighted by Gasteiger charge is 2.36. The molecule has 1 aliphatic heterocycles. The SMILES string of the molecule is CCc1ccc([N+](=O)[O-])cc1S(=O)(=O)N1CCNC(C)C1C.Cl. The fraction of sp³-hybridized carbons (Fsp3) is 0.571. The van der Waals surface area contributed by atoms with Crippen LogP contribution in [-0.2, 0) is 16.4 Å². The molecule has 2 atom stereocenters. The number of nitrogens with zero attached hydrogens (tertiary/aromatic N) is 2. The standard InChI is InChI=1S/C14H21N3O4S.ClH/c1-4-12-5-6-13(17(18)19)9-14(12)22(20,21)16-8-7-15-10(2)11(16)3;/h5-6,9-11,15H,4,7-8H2,1-3H3;1H. The Morgan fingerprint density at radius 2 is 2.04 bits per heavy atom. The summed E-state index contributed by atoms with van der Waals surface area (Å²) in [5, 5.41) is 14.2. The molecule has 23 heavy (non-hydrogen) atoms. The van der Waals surface area contributed by atoms with Crippen LogP contribution in [0.25, 0.3) is 0 Å². The van der Waals surface area contributed by atoms with Crippen LogP contribution in [0.3, 0.4) is 0 Å². The molecule has 130 valence electrons. The van der Waals surface area contributed by atoms with Crippen molar-refractivity contribution in [3.63, 3.8) is 0 Å². The first-order valence-corrected chi connectivity index (χ1v) is 8.75. The number of nitro groups is 1. The van der Waals surface area contributed by atoms with Crippen LogP contribution >= 0.6 is 12.4 Å². The van der Waals surface area contributed by atoms with Crippen molar-refractivity contribution < 1.29 is 13.3 Å². The Morgan fingerprint density at radius 3 is 2.61 bits per heavy atom. The number of aryl methyl sites for hydroxylation is 1. The lowest BCUT2D eigenvalue weighted by atomic mass is 10.1. The molecule has 1 aliphatic rings. The number of rotatable bonds is 4. The third kappa shape index (κ3) is 3.82. The summed E-state index contributed by atoms with van der Waals surface area (Å²) in [5.41, 5.74) is 0.399. The molecule has 1 aromatic carbocycles. The zero-order chi connectivity index (χ0) is 16.5. The van der Waals surface area contributed by atoms with E-state index in [0.29, 0.717) is 25.1 Å². The molecule has 1 N–H and O–H groups in total. The fourth-order valence-corrected chi connectivity index (χ4v) is 4.70. The van der Waals surface area contributed by atoms with E-state index < -0.39 is 14.9 Å². The molecule has 1 saturated heterocycles. The number of nitro benzene ring substituents is 1. The van der Waals surface area contributed by atoms with Crippen molar-refractivity contribution in [3.8, 4) is 0 Å². The van der Waals surface area contributed by atoms with Crippen LogP contribution in [0.2, 0.25) is 0 Å². The van der Waals surface area contributed by atoms with Gasteiger partial charge in [-0.15, -0.1) is 12.4 Å². The van der Waals surface area contributed by atoms with E-state index in [1.807, 2.05) is 20.8 Å². The number of nitrogens with one attached hydrogen (secondary N) is 1. The number of non-ortho nitro benzene ring substituents is 1. The van der Waals surface area contributed by atoms with Crippen molar-refractivity contribution in [1.29, 1.82) is 0 Å². The zero-order valence-electron chi connectivity index (χ0n) is 13.4. The van der Waals surface area contributed by atoms with Crippen LogP contribution in [0, 0.1) is 10.1 Å². The Labute approximate surface area is 142 Å². The molecule has 0 aliphatic carbocycles. The number of halogens is 1. The maximum Gasteiger partial charge on any atom is 0.270 e. The summed E-state index contributed by atoms with van der Waals surface area (Å²) < 4.78 is 27.4. The van der Waals surface area contributed by atoms with Gasteiger partial charge in [0.1, 0.15) is 0 Å². The Kier molecular flexibility index (Phi) is 6.52. The quantitative estimate of drug-likeness (QED) is 0.652. The van der Waals surface area contributed by atoms with E-state index in [1.165, 1.54) is 22.5 Å². The van der Waals surface area contributed by atoms with Gasteiger partial charge in [-0.2, -0.15) is 4.31 Å². The minimum Gasteiger partial charge on any atom is -0.311 e. The Morgan fingerprint density at radius 1 is 1.39 bits per heavy atom. The van der Waals surface area contributed by atoms with Gasteiger partial charge in [-0.3, -0.25) is 10.1 Å². The van der Waals surface area contributed by atoms with Crippen molar-refractivity contribution in [2.24, 2.45) is 0 Å². The van der Waals surface area contributed by atoms with E-state index in [4.69, 9.17) is 0 Å². The highest BCUT2D eigenvalue weighted by molar-refractivity contribution is 7.89. The summed E-state index contributed by atoms with van der Waals surface area (Å²) >= 11 is 0.